The van der Waals surface area contributed by atoms with Crippen LogP contribution in [0.2, 0.25) is 10.0 Å². The number of Topliss-reactive ketones (excluding diaryl/α,β-unsaturated/α-hetero) is 1. The van der Waals surface area contributed by atoms with Crippen molar-refractivity contribution in [2.24, 2.45) is 0 Å². The normalized spacial score (nSPS) is 18.3. The van der Waals surface area contributed by atoms with E-state index in [2.05, 4.69) is 0 Å². The molecule has 0 saturated carbocycles. The van der Waals surface area contributed by atoms with Crippen molar-refractivity contribution in [3.05, 3.63) is 75.0 Å². The number of rotatable bonds is 7. The second-order valence-electron chi connectivity index (χ2n) is 7.44. The Balaban J connectivity index is 2.06. The van der Waals surface area contributed by atoms with Gasteiger partial charge in [-0.2, -0.15) is 0 Å². The third kappa shape index (κ3) is 5.09. The van der Waals surface area contributed by atoms with Crippen LogP contribution in [-0.4, -0.2) is 41.0 Å². The van der Waals surface area contributed by atoms with E-state index in [1.54, 1.807) is 0 Å². The van der Waals surface area contributed by atoms with E-state index in [1.165, 1.54) is 47.4 Å². The van der Waals surface area contributed by atoms with Crippen LogP contribution in [-0.2, 0) is 14.3 Å². The molecule has 164 valence electrons. The molecule has 1 fully saturated rings. The quantitative estimate of drug-likeness (QED) is 0.258. The van der Waals surface area contributed by atoms with Crippen molar-refractivity contribution in [1.29, 1.82) is 0 Å². The van der Waals surface area contributed by atoms with Gasteiger partial charge in [0.1, 0.15) is 11.6 Å². The molecule has 31 heavy (non-hydrogen) atoms. The topological polar surface area (TPSA) is 66.8 Å². The maximum atomic E-state index is 13.5. The Morgan fingerprint density at radius 3 is 2.45 bits per heavy atom. The summed E-state index contributed by atoms with van der Waals surface area (Å²) in [6.07, 6.45) is 0.528. The summed E-state index contributed by atoms with van der Waals surface area (Å²) >= 11 is 12.1. The fourth-order valence-electron chi connectivity index (χ4n) is 3.48. The van der Waals surface area contributed by atoms with Crippen LogP contribution < -0.4 is 0 Å². The summed E-state index contributed by atoms with van der Waals surface area (Å²) in [7, 11) is 0. The zero-order valence-corrected chi connectivity index (χ0v) is 18.6. The van der Waals surface area contributed by atoms with Crippen molar-refractivity contribution < 1.29 is 23.8 Å². The number of carbonyl (C=O) groups excluding carboxylic acids is 2. The van der Waals surface area contributed by atoms with Gasteiger partial charge in [-0.15, -0.1) is 0 Å². The molecule has 2 aromatic carbocycles. The van der Waals surface area contributed by atoms with Gasteiger partial charge in [-0.05, 0) is 56.2 Å². The number of halogens is 3. The summed E-state index contributed by atoms with van der Waals surface area (Å²) in [5, 5.41) is 11.5. The number of aliphatic hydroxyl groups excluding tert-OH is 1. The predicted octanol–water partition coefficient (Wildman–Crippen LogP) is 5.37. The van der Waals surface area contributed by atoms with E-state index in [0.29, 0.717) is 23.6 Å². The number of carbonyl (C=O) groups is 2. The molecule has 0 spiro atoms. The third-order valence-corrected chi connectivity index (χ3v) is 5.45. The molecule has 2 aromatic rings. The number of amides is 1. The molecule has 1 unspecified atom stereocenters. The number of ketones is 1. The standard InChI is InChI=1S/C23H22Cl2FNO4/c1-13(2)31-11-3-10-27-20(14-4-7-16(26)8-5-14)19(22(29)23(27)30)21(28)17-9-6-15(24)12-18(17)25/h4-9,12-13,20,28H,3,10-11H2,1-2H3. The summed E-state index contributed by atoms with van der Waals surface area (Å²) in [4.78, 5) is 27.1. The molecular weight excluding hydrogens is 444 g/mol. The lowest BCUT2D eigenvalue weighted by Crippen LogP contribution is -2.31. The third-order valence-electron chi connectivity index (χ3n) is 4.91. The van der Waals surface area contributed by atoms with Crippen LogP contribution in [0.3, 0.4) is 0 Å². The minimum absolute atomic E-state index is 0.0374. The zero-order valence-electron chi connectivity index (χ0n) is 17.1. The lowest BCUT2D eigenvalue weighted by molar-refractivity contribution is -0.140. The Morgan fingerprint density at radius 1 is 1.16 bits per heavy atom. The number of nitrogens with zero attached hydrogens (tertiary/aromatic N) is 1. The molecule has 0 radical (unpaired) electrons. The Kier molecular flexibility index (Phi) is 7.36. The number of likely N-dealkylation sites (tertiary alicyclic amines) is 1. The molecule has 1 aliphatic rings. The summed E-state index contributed by atoms with van der Waals surface area (Å²) in [5.41, 5.74) is 0.571. The highest BCUT2D eigenvalue weighted by atomic mass is 35.5. The van der Waals surface area contributed by atoms with E-state index in [9.17, 15) is 19.1 Å². The maximum absolute atomic E-state index is 13.5. The number of hydrogen-bond acceptors (Lipinski definition) is 4. The molecule has 0 aromatic heterocycles. The smallest absolute Gasteiger partial charge is 0.295 e. The number of benzene rings is 2. The Hall–Kier alpha value is -2.41. The lowest BCUT2D eigenvalue weighted by Gasteiger charge is -2.25. The Bertz CT molecular complexity index is 1020. The highest BCUT2D eigenvalue weighted by molar-refractivity contribution is 6.47. The van der Waals surface area contributed by atoms with Crippen LogP contribution in [0.4, 0.5) is 4.39 Å². The Labute approximate surface area is 190 Å². The van der Waals surface area contributed by atoms with Crippen LogP contribution >= 0.6 is 23.2 Å². The number of hydrogen-bond donors (Lipinski definition) is 1. The highest BCUT2D eigenvalue weighted by Gasteiger charge is 2.46. The summed E-state index contributed by atoms with van der Waals surface area (Å²) < 4.78 is 19.0. The molecular formula is C23H22Cl2FNO4. The summed E-state index contributed by atoms with van der Waals surface area (Å²) in [5.74, 6) is -2.44. The van der Waals surface area contributed by atoms with Crippen LogP contribution in [0.15, 0.2) is 48.0 Å². The van der Waals surface area contributed by atoms with Gasteiger partial charge in [-0.1, -0.05) is 35.3 Å². The average Bonchev–Trinajstić information content (AvgIpc) is 2.96. The first kappa shape index (κ1) is 23.3. The largest absolute Gasteiger partial charge is 0.507 e. The van der Waals surface area contributed by atoms with Gasteiger partial charge in [0.25, 0.3) is 11.7 Å². The Morgan fingerprint density at radius 2 is 1.84 bits per heavy atom. The van der Waals surface area contributed by atoms with Crippen molar-refractivity contribution in [2.75, 3.05) is 13.2 Å². The molecule has 1 atom stereocenters. The molecule has 1 heterocycles. The van der Waals surface area contributed by atoms with E-state index in [-0.39, 0.29) is 28.8 Å². The van der Waals surface area contributed by atoms with Gasteiger partial charge in [-0.25, -0.2) is 4.39 Å². The molecule has 1 amide bonds. The van der Waals surface area contributed by atoms with Crippen molar-refractivity contribution in [3.63, 3.8) is 0 Å². The summed E-state index contributed by atoms with van der Waals surface area (Å²) in [6.45, 7) is 4.44. The van der Waals surface area contributed by atoms with Crippen molar-refractivity contribution in [2.45, 2.75) is 32.4 Å². The van der Waals surface area contributed by atoms with Gasteiger partial charge in [0, 0.05) is 23.7 Å². The number of aliphatic hydroxyl groups is 1. The van der Waals surface area contributed by atoms with Gasteiger partial charge in [0.15, 0.2) is 0 Å². The van der Waals surface area contributed by atoms with E-state index < -0.39 is 29.3 Å². The van der Waals surface area contributed by atoms with Gasteiger partial charge >= 0.3 is 0 Å². The van der Waals surface area contributed by atoms with Crippen molar-refractivity contribution >= 4 is 40.7 Å². The second kappa shape index (κ2) is 9.81. The zero-order chi connectivity index (χ0) is 22.7. The first-order valence-electron chi connectivity index (χ1n) is 9.81. The van der Waals surface area contributed by atoms with Crippen LogP contribution in [0.5, 0.6) is 0 Å². The maximum Gasteiger partial charge on any atom is 0.295 e. The average molecular weight is 466 g/mol. The fourth-order valence-corrected chi connectivity index (χ4v) is 3.98. The predicted molar refractivity (Wildman–Crippen MR) is 118 cm³/mol. The van der Waals surface area contributed by atoms with Crippen molar-refractivity contribution in [1.82, 2.24) is 4.90 Å². The van der Waals surface area contributed by atoms with Gasteiger partial charge in [-0.3, -0.25) is 9.59 Å². The molecule has 5 nitrogen and oxygen atoms in total. The second-order valence-corrected chi connectivity index (χ2v) is 8.28. The van der Waals surface area contributed by atoms with Crippen molar-refractivity contribution in [3.8, 4) is 0 Å². The number of ether oxygens (including phenoxy) is 1. The van der Waals surface area contributed by atoms with E-state index in [4.69, 9.17) is 27.9 Å². The molecule has 3 rings (SSSR count). The fraction of sp³-hybridized carbons (Fsp3) is 0.304. The first-order chi connectivity index (χ1) is 14.7. The molecule has 1 aliphatic heterocycles. The SMILES string of the molecule is CC(C)OCCCN1C(=O)C(=O)C(=C(O)c2ccc(Cl)cc2Cl)C1c1ccc(F)cc1. The molecule has 0 bridgehead atoms. The minimum Gasteiger partial charge on any atom is -0.507 e. The lowest BCUT2D eigenvalue weighted by atomic mass is 9.95. The van der Waals surface area contributed by atoms with Crippen LogP contribution in [0.1, 0.15) is 37.4 Å². The van der Waals surface area contributed by atoms with E-state index >= 15 is 0 Å². The minimum atomic E-state index is -0.883. The molecule has 0 aliphatic carbocycles. The first-order valence-corrected chi connectivity index (χ1v) is 10.6. The molecule has 1 N–H and O–H groups in total. The highest BCUT2D eigenvalue weighted by Crippen LogP contribution is 2.40. The van der Waals surface area contributed by atoms with Crippen LogP contribution in [0, 0.1) is 5.82 Å². The monoisotopic (exact) mass is 465 g/mol. The van der Waals surface area contributed by atoms with Gasteiger partial charge in [0.2, 0.25) is 0 Å². The molecule has 8 heteroatoms. The van der Waals surface area contributed by atoms with Gasteiger partial charge in [0.05, 0.1) is 22.7 Å². The van der Waals surface area contributed by atoms with E-state index in [1.807, 2.05) is 13.8 Å². The van der Waals surface area contributed by atoms with Crippen LogP contribution in [0.25, 0.3) is 5.76 Å². The molecule has 1 saturated heterocycles. The van der Waals surface area contributed by atoms with E-state index in [0.717, 1.165) is 0 Å². The summed E-state index contributed by atoms with van der Waals surface area (Å²) in [6, 6.07) is 9.01. The van der Waals surface area contributed by atoms with Gasteiger partial charge < -0.3 is 14.7 Å².